The molecule has 6 aromatic rings. The first-order chi connectivity index (χ1) is 25.9. The van der Waals surface area contributed by atoms with E-state index in [0.717, 1.165) is 30.0 Å². The fraction of sp³-hybridized carbons (Fsp3) is 0.0882. The van der Waals surface area contributed by atoms with E-state index in [4.69, 9.17) is 27.9 Å². The minimum absolute atomic E-state index is 0. The van der Waals surface area contributed by atoms with Crippen LogP contribution in [0.4, 0.5) is 15.8 Å². The third-order valence-corrected chi connectivity index (χ3v) is 5.75. The molecule has 0 atom stereocenters. The van der Waals surface area contributed by atoms with Gasteiger partial charge >= 0.3 is 175 Å². The summed E-state index contributed by atoms with van der Waals surface area (Å²) in [5, 5.41) is 28.9. The number of hydrogen-bond donors (Lipinski definition) is 1. The van der Waals surface area contributed by atoms with Crippen molar-refractivity contribution in [1.82, 2.24) is 29.1 Å². The molecule has 2 radical (unpaired) electrons. The Kier molecular flexibility index (Phi) is 40.9. The van der Waals surface area contributed by atoms with Gasteiger partial charge in [0.15, 0.2) is 0 Å². The van der Waals surface area contributed by atoms with Gasteiger partial charge in [0.2, 0.25) is 0 Å². The fourth-order valence-electron chi connectivity index (χ4n) is 3.44. The first kappa shape index (κ1) is 62.6. The van der Waals surface area contributed by atoms with Gasteiger partial charge < -0.3 is 16.6 Å². The average Bonchev–Trinajstić information content (AvgIpc) is 3.17. The third kappa shape index (κ3) is 26.9. The van der Waals surface area contributed by atoms with E-state index in [0.29, 0.717) is 5.69 Å². The number of halogens is 3. The molecule has 0 unspecified atom stereocenters. The number of benzene rings is 3. The van der Waals surface area contributed by atoms with E-state index in [1.54, 1.807) is 17.0 Å². The van der Waals surface area contributed by atoms with Gasteiger partial charge in [0.05, 0.1) is 28.4 Å². The van der Waals surface area contributed by atoms with E-state index in [9.17, 15) is 39.0 Å². The summed E-state index contributed by atoms with van der Waals surface area (Å²) in [7, 11) is 9.87. The number of nitro groups is 2. The minimum Gasteiger partial charge on any atom is -1.00 e. The SMILES string of the molecule is C.C.Cc1ccc(-n2ccncc2=O)cc1.O=CO[O-].O=[N+]([O-])c1ccc(F)cc1.O=c1cncc[nH]1.O=c1cnccn1-c1ccc([N+](=O)[O-])cc1.[Cl][Sn][Cl].[Cs+].[Cs+].[H-]. The number of aryl methyl sites for hydroxylation is 1. The van der Waals surface area contributed by atoms with Crippen LogP contribution >= 0.6 is 17.8 Å². The topological polar surface area (TPSA) is 251 Å². The molecular weight excluding hydrogens is 1150 g/mol. The van der Waals surface area contributed by atoms with Crippen molar-refractivity contribution in [3.63, 3.8) is 0 Å². The Labute approximate surface area is 467 Å². The van der Waals surface area contributed by atoms with Crippen molar-refractivity contribution in [3.05, 3.63) is 191 Å². The van der Waals surface area contributed by atoms with E-state index in [-0.39, 0.29) is 189 Å². The molecule has 0 saturated heterocycles. The van der Waals surface area contributed by atoms with Gasteiger partial charge in [-0.25, -0.2) is 4.39 Å². The van der Waals surface area contributed by atoms with Crippen LogP contribution in [0.25, 0.3) is 11.4 Å². The van der Waals surface area contributed by atoms with E-state index >= 15 is 0 Å². The number of carbonyl (C=O) groups excluding carboxylic acids is 1. The molecule has 24 heteroatoms. The predicted molar refractivity (Wildman–Crippen MR) is 208 cm³/mol. The van der Waals surface area contributed by atoms with Crippen LogP contribution in [-0.2, 0) is 9.68 Å². The smallest absolute Gasteiger partial charge is 1.00 e. The number of nitro benzene ring substituents is 2. The summed E-state index contributed by atoms with van der Waals surface area (Å²) >= 11 is -0.826. The zero-order chi connectivity index (χ0) is 40.3. The monoisotopic (exact) mass is 1190 g/mol. The van der Waals surface area contributed by atoms with Crippen molar-refractivity contribution < 1.29 is 168 Å². The fourth-order valence-corrected chi connectivity index (χ4v) is 3.44. The normalized spacial score (nSPS) is 8.50. The van der Waals surface area contributed by atoms with Gasteiger partial charge in [-0.3, -0.25) is 63.5 Å². The molecule has 3 aromatic carbocycles. The van der Waals surface area contributed by atoms with Crippen molar-refractivity contribution >= 4 is 54.6 Å². The molecule has 0 amide bonds. The van der Waals surface area contributed by atoms with Gasteiger partial charge in [0.25, 0.3) is 34.5 Å². The van der Waals surface area contributed by atoms with Crippen molar-refractivity contribution in [2.24, 2.45) is 0 Å². The molecule has 0 aliphatic rings. The number of carbonyl (C=O) groups is 1. The van der Waals surface area contributed by atoms with Gasteiger partial charge in [-0.2, -0.15) is 0 Å². The summed E-state index contributed by atoms with van der Waals surface area (Å²) in [6, 6.07) is 17.8. The summed E-state index contributed by atoms with van der Waals surface area (Å²) in [5.74, 6) is -0.467. The molecule has 6 rings (SSSR count). The summed E-state index contributed by atoms with van der Waals surface area (Å²) in [5.41, 5.74) is 1.94. The van der Waals surface area contributed by atoms with Crippen molar-refractivity contribution in [2.45, 2.75) is 21.8 Å². The summed E-state index contributed by atoms with van der Waals surface area (Å²) in [4.78, 5) is 77.0. The van der Waals surface area contributed by atoms with E-state index in [1.807, 2.05) is 31.2 Å². The van der Waals surface area contributed by atoms with Gasteiger partial charge in [-0.1, -0.05) is 32.5 Å². The van der Waals surface area contributed by atoms with Crippen LogP contribution in [0.1, 0.15) is 21.8 Å². The molecule has 3 aromatic heterocycles. The van der Waals surface area contributed by atoms with Crippen molar-refractivity contribution in [1.29, 1.82) is 0 Å². The first-order valence-electron chi connectivity index (χ1n) is 14.3. The van der Waals surface area contributed by atoms with Crippen LogP contribution in [0.15, 0.2) is 143 Å². The van der Waals surface area contributed by atoms with Crippen LogP contribution in [0.5, 0.6) is 0 Å². The second kappa shape index (κ2) is 37.9. The molecular formula is C34H35Cl2Cs2FN8O10Sn. The van der Waals surface area contributed by atoms with Gasteiger partial charge in [-0.15, -0.1) is 0 Å². The average molecular weight is 1190 g/mol. The minimum atomic E-state index is -0.826. The number of rotatable bonds is 5. The number of H-pyrrole nitrogens is 1. The molecule has 298 valence electrons. The zero-order valence-corrected chi connectivity index (χ0v) is 46.5. The first-order valence-corrected chi connectivity index (χ1v) is 21.6. The Morgan fingerprint density at radius 2 is 1.10 bits per heavy atom. The number of hydrogen-bond acceptors (Lipinski definition) is 13. The number of nitrogens with one attached hydrogen (secondary N) is 1. The third-order valence-electron chi connectivity index (χ3n) is 5.75. The molecule has 0 fully saturated rings. The Morgan fingerprint density at radius 1 is 0.741 bits per heavy atom. The summed E-state index contributed by atoms with van der Waals surface area (Å²) in [6.45, 7) is 1.83. The molecule has 58 heavy (non-hydrogen) atoms. The van der Waals surface area contributed by atoms with E-state index in [1.165, 1.54) is 77.8 Å². The van der Waals surface area contributed by atoms with Crippen molar-refractivity contribution in [3.8, 4) is 11.4 Å². The molecule has 3 heterocycles. The largest absolute Gasteiger partial charge is 1.00 e. The maximum Gasteiger partial charge on any atom is 1.00 e. The number of nitrogens with zero attached hydrogens (tertiary/aromatic N) is 7. The predicted octanol–water partition coefficient (Wildman–Crippen LogP) is -0.989. The van der Waals surface area contributed by atoms with Crippen LogP contribution < -0.4 is 160 Å². The second-order valence-corrected chi connectivity index (χ2v) is 13.5. The summed E-state index contributed by atoms with van der Waals surface area (Å²) in [6.07, 6.45) is 12.9. The zero-order valence-electron chi connectivity index (χ0n) is 30.5. The van der Waals surface area contributed by atoms with Crippen LogP contribution in [0.3, 0.4) is 0 Å². The number of non-ortho nitro benzene ring substituents is 2. The van der Waals surface area contributed by atoms with Gasteiger partial charge in [-0.05, 0) is 43.3 Å². The van der Waals surface area contributed by atoms with Crippen LogP contribution in [-0.4, -0.2) is 64.3 Å². The molecule has 18 nitrogen and oxygen atoms in total. The standard InChI is InChI=1S/C11H10N2O.C10H7N3O3.C6H4FNO2.C4H4N2O.CH2O3.2CH4.2ClH.2Cs.Sn.H/c1-9-2-4-10(5-3-9)13-7-6-12-8-11(13)14;14-10-7-11-5-6-12(10)8-1-3-9(4-2-8)13(15)16;7-5-1-3-6(4-2-5)8(9)10;7-4-3-5-1-2-6-4;2-1-4-3;;;;;;;;/h2-8H,1H3;1-7H;1-4H;1-3H,(H,6,7);1,3H;2*1H4;2*1H;;;;/q;;;;;;;;;2*+1;+2;-1/p-3. The molecule has 0 bridgehead atoms. The number of aromatic amines is 1. The summed E-state index contributed by atoms with van der Waals surface area (Å²) < 4.78 is 15.0. The Bertz CT molecular complexity index is 2200. The van der Waals surface area contributed by atoms with Crippen LogP contribution in [0, 0.1) is 33.0 Å². The Balaban J connectivity index is -0.000000208. The maximum absolute atomic E-state index is 12.1. The van der Waals surface area contributed by atoms with Crippen molar-refractivity contribution in [2.75, 3.05) is 0 Å². The Hall–Kier alpha value is -2.06. The van der Waals surface area contributed by atoms with Gasteiger partial charge in [0.1, 0.15) is 5.82 Å². The maximum atomic E-state index is 12.1. The molecule has 1 N–H and O–H groups in total. The molecule has 0 saturated carbocycles. The molecule has 0 aliphatic carbocycles. The van der Waals surface area contributed by atoms with Gasteiger partial charge in [0, 0.05) is 72.8 Å². The quantitative estimate of drug-likeness (QED) is 0.0717. The molecule has 0 aliphatic heterocycles. The molecule has 0 spiro atoms. The van der Waals surface area contributed by atoms with E-state index < -0.39 is 34.6 Å². The van der Waals surface area contributed by atoms with Crippen LogP contribution in [0.2, 0.25) is 0 Å². The second-order valence-electron chi connectivity index (χ2n) is 9.28. The Morgan fingerprint density at radius 3 is 1.40 bits per heavy atom. The van der Waals surface area contributed by atoms with E-state index in [2.05, 4.69) is 24.8 Å². The number of aromatic nitrogens is 6.